The minimum absolute atomic E-state index is 0.287. The van der Waals surface area contributed by atoms with Crippen LogP contribution >= 0.6 is 0 Å². The zero-order valence-corrected chi connectivity index (χ0v) is 15.7. The van der Waals surface area contributed by atoms with Crippen molar-refractivity contribution in [1.82, 2.24) is 19.5 Å². The molecule has 7 heteroatoms. The van der Waals surface area contributed by atoms with E-state index in [1.54, 1.807) is 0 Å². The fourth-order valence-electron chi connectivity index (χ4n) is 4.25. The van der Waals surface area contributed by atoms with E-state index >= 15 is 0 Å². The van der Waals surface area contributed by atoms with Crippen LogP contribution < -0.4 is 11.5 Å². The first kappa shape index (κ1) is 17.0. The van der Waals surface area contributed by atoms with E-state index in [-0.39, 0.29) is 5.92 Å². The van der Waals surface area contributed by atoms with Crippen molar-refractivity contribution in [3.63, 3.8) is 0 Å². The smallest absolute Gasteiger partial charge is 0.225 e. The molecule has 0 radical (unpaired) electrons. The number of carbonyl (C=O) groups is 1. The molecule has 2 fully saturated rings. The van der Waals surface area contributed by atoms with E-state index in [1.807, 2.05) is 33.7 Å². The Morgan fingerprint density at radius 1 is 1.04 bits per heavy atom. The first-order valence-corrected chi connectivity index (χ1v) is 9.88. The maximum atomic E-state index is 12.4. The highest BCUT2D eigenvalue weighted by Crippen LogP contribution is 2.38. The molecule has 0 unspecified atom stereocenters. The maximum absolute atomic E-state index is 12.4. The average molecular weight is 376 g/mol. The van der Waals surface area contributed by atoms with Crippen LogP contribution in [0.2, 0.25) is 0 Å². The van der Waals surface area contributed by atoms with Gasteiger partial charge in [-0.3, -0.25) is 4.79 Å². The van der Waals surface area contributed by atoms with Crippen LogP contribution in [0.25, 0.3) is 16.6 Å². The van der Waals surface area contributed by atoms with Crippen molar-refractivity contribution >= 4 is 22.9 Å². The van der Waals surface area contributed by atoms with Crippen molar-refractivity contribution in [2.75, 3.05) is 24.6 Å². The number of rotatable bonds is 3. The van der Waals surface area contributed by atoms with Gasteiger partial charge < -0.3 is 16.4 Å². The van der Waals surface area contributed by atoms with Crippen LogP contribution in [0.5, 0.6) is 0 Å². The van der Waals surface area contributed by atoms with Gasteiger partial charge in [0.2, 0.25) is 5.91 Å². The first-order valence-electron chi connectivity index (χ1n) is 9.88. The molecule has 2 aliphatic rings. The summed E-state index contributed by atoms with van der Waals surface area (Å²) in [6.45, 7) is 1.62. The number of anilines is 2. The Morgan fingerprint density at radius 2 is 1.75 bits per heavy atom. The second-order valence-corrected chi connectivity index (χ2v) is 7.88. The molecular weight excluding hydrogens is 352 g/mol. The van der Waals surface area contributed by atoms with Gasteiger partial charge in [0, 0.05) is 41.9 Å². The summed E-state index contributed by atoms with van der Waals surface area (Å²) >= 11 is 0. The van der Waals surface area contributed by atoms with E-state index in [2.05, 4.69) is 16.1 Å². The lowest BCUT2D eigenvalue weighted by Crippen LogP contribution is -2.39. The highest BCUT2D eigenvalue weighted by atomic mass is 16.2. The van der Waals surface area contributed by atoms with Gasteiger partial charge in [-0.1, -0.05) is 12.1 Å². The number of nitrogens with zero attached hydrogens (tertiary/aromatic N) is 4. The normalized spacial score (nSPS) is 17.9. The second kappa shape index (κ2) is 6.51. The molecule has 1 aliphatic carbocycles. The quantitative estimate of drug-likeness (QED) is 0.684. The number of amides is 1. The number of nitrogen functional groups attached to an aromatic ring is 2. The lowest BCUT2D eigenvalue weighted by molar-refractivity contribution is -0.133. The summed E-state index contributed by atoms with van der Waals surface area (Å²) in [5.41, 5.74) is 16.8. The van der Waals surface area contributed by atoms with E-state index in [4.69, 9.17) is 11.5 Å². The Hall–Kier alpha value is -3.09. The fourth-order valence-corrected chi connectivity index (χ4v) is 4.25. The molecule has 1 saturated heterocycles. The molecule has 1 saturated carbocycles. The predicted molar refractivity (Wildman–Crippen MR) is 109 cm³/mol. The van der Waals surface area contributed by atoms with Crippen LogP contribution in [0.1, 0.15) is 37.3 Å². The van der Waals surface area contributed by atoms with E-state index in [0.29, 0.717) is 17.6 Å². The van der Waals surface area contributed by atoms with Crippen molar-refractivity contribution < 1.29 is 4.79 Å². The van der Waals surface area contributed by atoms with Gasteiger partial charge in [0.15, 0.2) is 5.82 Å². The van der Waals surface area contributed by atoms with Crippen molar-refractivity contribution in [3.05, 3.63) is 42.4 Å². The summed E-state index contributed by atoms with van der Waals surface area (Å²) in [6, 6.07) is 9.95. The molecule has 1 amide bonds. The Kier molecular flexibility index (Phi) is 3.96. The lowest BCUT2D eigenvalue weighted by atomic mass is 9.92. The number of aromatic nitrogens is 3. The van der Waals surface area contributed by atoms with E-state index in [0.717, 1.165) is 66.8 Å². The van der Waals surface area contributed by atoms with Crippen LogP contribution in [0.3, 0.4) is 0 Å². The van der Waals surface area contributed by atoms with Gasteiger partial charge in [0.05, 0.1) is 0 Å². The number of piperidine rings is 1. The minimum Gasteiger partial charge on any atom is -0.399 e. The van der Waals surface area contributed by atoms with Crippen LogP contribution in [0.15, 0.2) is 36.7 Å². The van der Waals surface area contributed by atoms with E-state index in [1.165, 1.54) is 6.33 Å². The number of benzene rings is 1. The van der Waals surface area contributed by atoms with Gasteiger partial charge in [-0.05, 0) is 49.4 Å². The lowest BCUT2D eigenvalue weighted by Gasteiger charge is -2.32. The van der Waals surface area contributed by atoms with Crippen molar-refractivity contribution in [1.29, 1.82) is 0 Å². The molecule has 4 N–H and O–H groups in total. The molecule has 0 atom stereocenters. The summed E-state index contributed by atoms with van der Waals surface area (Å²) in [5, 5.41) is 4.49. The summed E-state index contributed by atoms with van der Waals surface area (Å²) in [5.74, 6) is 1.44. The third kappa shape index (κ3) is 2.87. The second-order valence-electron chi connectivity index (χ2n) is 7.88. The Bertz CT molecular complexity index is 1030. The van der Waals surface area contributed by atoms with Gasteiger partial charge >= 0.3 is 0 Å². The number of carbonyl (C=O) groups excluding carboxylic acids is 1. The molecule has 2 aromatic heterocycles. The molecule has 144 valence electrons. The highest BCUT2D eigenvalue weighted by Gasteiger charge is 2.35. The Balaban J connectivity index is 1.49. The number of fused-ring (bicyclic) bond motifs is 1. The predicted octanol–water partition coefficient (Wildman–Crippen LogP) is 2.68. The molecule has 1 aliphatic heterocycles. The molecule has 28 heavy (non-hydrogen) atoms. The van der Waals surface area contributed by atoms with Gasteiger partial charge in [0.1, 0.15) is 11.8 Å². The zero-order chi connectivity index (χ0) is 19.3. The molecule has 1 aromatic carbocycles. The summed E-state index contributed by atoms with van der Waals surface area (Å²) in [4.78, 5) is 18.6. The number of hydrogen-bond acceptors (Lipinski definition) is 5. The maximum Gasteiger partial charge on any atom is 0.225 e. The van der Waals surface area contributed by atoms with Gasteiger partial charge in [-0.15, -0.1) is 0 Å². The molecule has 3 heterocycles. The van der Waals surface area contributed by atoms with E-state index in [9.17, 15) is 4.79 Å². The molecule has 3 aromatic rings. The number of nitrogens with two attached hydrogens (primary N) is 2. The summed E-state index contributed by atoms with van der Waals surface area (Å²) in [6.07, 6.45) is 5.50. The fraction of sp³-hybridized carbons (Fsp3) is 0.381. The minimum atomic E-state index is 0.287. The Labute approximate surface area is 163 Å². The standard InChI is InChI=1S/C21H24N6O/c22-16-5-3-13(4-6-16)17-11-18(27-19(17)20(23)24-12-25-27)14-7-9-26(10-8-14)21(28)15-1-2-15/h3-6,11-12,14-15H,1-2,7-10,22H2,(H2,23,24,25). The van der Waals surface area contributed by atoms with Gasteiger partial charge in [-0.2, -0.15) is 5.10 Å². The number of hydrogen-bond donors (Lipinski definition) is 2. The molecule has 0 spiro atoms. The topological polar surface area (TPSA) is 103 Å². The van der Waals surface area contributed by atoms with Crippen LogP contribution in [0, 0.1) is 5.92 Å². The Morgan fingerprint density at radius 3 is 2.43 bits per heavy atom. The van der Waals surface area contributed by atoms with Gasteiger partial charge in [0.25, 0.3) is 0 Å². The van der Waals surface area contributed by atoms with Crippen molar-refractivity contribution in [2.45, 2.75) is 31.6 Å². The number of likely N-dealkylation sites (tertiary alicyclic amines) is 1. The first-order chi connectivity index (χ1) is 13.6. The van der Waals surface area contributed by atoms with Gasteiger partial charge in [-0.25, -0.2) is 9.50 Å². The average Bonchev–Trinajstić information content (AvgIpc) is 3.49. The monoisotopic (exact) mass is 376 g/mol. The summed E-state index contributed by atoms with van der Waals surface area (Å²) in [7, 11) is 0. The summed E-state index contributed by atoms with van der Waals surface area (Å²) < 4.78 is 1.93. The third-order valence-electron chi connectivity index (χ3n) is 5.98. The van der Waals surface area contributed by atoms with Crippen molar-refractivity contribution in [3.8, 4) is 11.1 Å². The third-order valence-corrected chi connectivity index (χ3v) is 5.98. The SMILES string of the molecule is Nc1ccc(-c2cc(C3CCN(C(=O)C4CC4)CC3)n3ncnc(N)c23)cc1. The molecular formula is C21H24N6O. The van der Waals surface area contributed by atoms with Crippen molar-refractivity contribution in [2.24, 2.45) is 5.92 Å². The van der Waals surface area contributed by atoms with Crippen LogP contribution in [-0.4, -0.2) is 38.5 Å². The zero-order valence-electron chi connectivity index (χ0n) is 15.7. The highest BCUT2D eigenvalue weighted by molar-refractivity contribution is 5.88. The molecule has 7 nitrogen and oxygen atoms in total. The van der Waals surface area contributed by atoms with E-state index < -0.39 is 0 Å². The molecule has 0 bridgehead atoms. The van der Waals surface area contributed by atoms with Crippen LogP contribution in [-0.2, 0) is 4.79 Å². The van der Waals surface area contributed by atoms with Crippen LogP contribution in [0.4, 0.5) is 11.5 Å². The largest absolute Gasteiger partial charge is 0.399 e. The molecule has 5 rings (SSSR count).